The minimum atomic E-state index is -6.22. The molecule has 0 aromatic rings. The van der Waals surface area contributed by atoms with Crippen molar-refractivity contribution in [1.82, 2.24) is 0 Å². The van der Waals surface area contributed by atoms with Gasteiger partial charge in [-0.15, -0.1) is 0 Å². The van der Waals surface area contributed by atoms with Crippen molar-refractivity contribution in [3.63, 3.8) is 0 Å². The van der Waals surface area contributed by atoms with Crippen molar-refractivity contribution < 1.29 is 30.7 Å². The molecule has 0 heterocycles. The third-order valence-corrected chi connectivity index (χ3v) is 4.41. The molecule has 0 saturated heterocycles. The van der Waals surface area contributed by atoms with Crippen molar-refractivity contribution in [3.05, 3.63) is 0 Å². The van der Waals surface area contributed by atoms with E-state index in [1.165, 1.54) is 22.6 Å². The van der Waals surface area contributed by atoms with Crippen LogP contribution in [0.2, 0.25) is 0 Å². The van der Waals surface area contributed by atoms with E-state index in [0.717, 1.165) is 0 Å². The van der Waals surface area contributed by atoms with E-state index in [1.54, 1.807) is 0 Å². The molecule has 0 radical (unpaired) electrons. The first-order valence-corrected chi connectivity index (χ1v) is 6.23. The fraction of sp³-hybridized carbons (Fsp3) is 1.00. The maximum Gasteiger partial charge on any atom is 0.459 e. The van der Waals surface area contributed by atoms with Crippen molar-refractivity contribution in [2.24, 2.45) is 5.92 Å². The fourth-order valence-electron chi connectivity index (χ4n) is 1.92. The van der Waals surface area contributed by atoms with Gasteiger partial charge in [0, 0.05) is 9.84 Å². The SMILES string of the molecule is FC(F)(F)C(F)(F)C(F)(F)[C@H]1CCCC[C@@H]1I. The molecule has 0 bridgehead atoms. The van der Waals surface area contributed by atoms with Crippen molar-refractivity contribution in [2.75, 3.05) is 0 Å². The summed E-state index contributed by atoms with van der Waals surface area (Å²) < 4.78 is 87.4. The molecule has 1 fully saturated rings. The van der Waals surface area contributed by atoms with Gasteiger partial charge in [0.05, 0.1) is 0 Å². The zero-order chi connectivity index (χ0) is 13.5. The maximum atomic E-state index is 13.4. The molecule has 17 heavy (non-hydrogen) atoms. The van der Waals surface area contributed by atoms with Crippen molar-refractivity contribution in [3.8, 4) is 0 Å². The Labute approximate surface area is 107 Å². The standard InChI is InChI=1S/C9H10F7I/c10-7(11,8(12,13)9(14,15)16)5-3-1-2-4-6(5)17/h5-6H,1-4H2/t5-,6-/m0/s1. The lowest BCUT2D eigenvalue weighted by Crippen LogP contribution is -2.57. The van der Waals surface area contributed by atoms with E-state index in [9.17, 15) is 30.7 Å². The Kier molecular flexibility index (Phi) is 4.26. The van der Waals surface area contributed by atoms with E-state index in [-0.39, 0.29) is 19.3 Å². The average molecular weight is 378 g/mol. The summed E-state index contributed by atoms with van der Waals surface area (Å²) in [5.74, 6) is -12.9. The van der Waals surface area contributed by atoms with Crippen LogP contribution in [0.15, 0.2) is 0 Å². The number of rotatable bonds is 2. The second-order valence-corrected chi connectivity index (χ2v) is 5.70. The summed E-state index contributed by atoms with van der Waals surface area (Å²) in [6.45, 7) is 0. The molecule has 2 atom stereocenters. The van der Waals surface area contributed by atoms with Crippen molar-refractivity contribution in [1.29, 1.82) is 0 Å². The predicted molar refractivity (Wildman–Crippen MR) is 55.7 cm³/mol. The van der Waals surface area contributed by atoms with Crippen LogP contribution in [0.25, 0.3) is 0 Å². The van der Waals surface area contributed by atoms with Crippen LogP contribution in [0.1, 0.15) is 25.7 Å². The molecule has 0 aromatic heterocycles. The van der Waals surface area contributed by atoms with Crippen LogP contribution in [0.3, 0.4) is 0 Å². The van der Waals surface area contributed by atoms with Crippen molar-refractivity contribution in [2.45, 2.75) is 47.6 Å². The molecule has 0 N–H and O–H groups in total. The molecule has 1 aliphatic rings. The van der Waals surface area contributed by atoms with Gasteiger partial charge in [-0.1, -0.05) is 35.4 Å². The second-order valence-electron chi connectivity index (χ2n) is 4.10. The van der Waals surface area contributed by atoms with Gasteiger partial charge in [-0.05, 0) is 12.8 Å². The molecular formula is C9H10F7I. The van der Waals surface area contributed by atoms with E-state index < -0.39 is 27.9 Å². The third kappa shape index (κ3) is 2.65. The first-order valence-electron chi connectivity index (χ1n) is 4.98. The molecule has 1 aliphatic carbocycles. The molecule has 1 saturated carbocycles. The summed E-state index contributed by atoms with van der Waals surface area (Å²) in [4.78, 5) is 0. The normalized spacial score (nSPS) is 28.2. The van der Waals surface area contributed by atoms with Gasteiger partial charge in [0.25, 0.3) is 0 Å². The molecule has 0 amide bonds. The summed E-state index contributed by atoms with van der Waals surface area (Å²) in [6, 6.07) is 0. The molecule has 0 aromatic carbocycles. The summed E-state index contributed by atoms with van der Waals surface area (Å²) in [5, 5.41) is 0. The van der Waals surface area contributed by atoms with Gasteiger partial charge in [0.2, 0.25) is 0 Å². The van der Waals surface area contributed by atoms with Gasteiger partial charge in [0.15, 0.2) is 0 Å². The topological polar surface area (TPSA) is 0 Å². The first kappa shape index (κ1) is 15.3. The van der Waals surface area contributed by atoms with E-state index in [0.29, 0.717) is 6.42 Å². The number of hydrogen-bond acceptors (Lipinski definition) is 0. The number of halogens is 8. The highest BCUT2D eigenvalue weighted by atomic mass is 127. The quantitative estimate of drug-likeness (QED) is 0.368. The van der Waals surface area contributed by atoms with Crippen LogP contribution >= 0.6 is 22.6 Å². The van der Waals surface area contributed by atoms with Crippen LogP contribution in [0.5, 0.6) is 0 Å². The fourth-order valence-corrected chi connectivity index (χ4v) is 3.17. The van der Waals surface area contributed by atoms with E-state index in [2.05, 4.69) is 0 Å². The first-order chi connectivity index (χ1) is 7.52. The Morgan fingerprint density at radius 2 is 1.29 bits per heavy atom. The lowest BCUT2D eigenvalue weighted by Gasteiger charge is -2.38. The minimum Gasteiger partial charge on any atom is -0.199 e. The van der Waals surface area contributed by atoms with Crippen LogP contribution in [0.4, 0.5) is 30.7 Å². The summed E-state index contributed by atoms with van der Waals surface area (Å²) in [5.41, 5.74) is 0. The second kappa shape index (κ2) is 4.73. The molecule has 102 valence electrons. The Morgan fingerprint density at radius 1 is 0.824 bits per heavy atom. The monoisotopic (exact) mass is 378 g/mol. The highest BCUT2D eigenvalue weighted by Gasteiger charge is 2.75. The molecule has 1 rings (SSSR count). The van der Waals surface area contributed by atoms with Crippen LogP contribution < -0.4 is 0 Å². The highest BCUT2D eigenvalue weighted by molar-refractivity contribution is 14.1. The lowest BCUT2D eigenvalue weighted by molar-refractivity contribution is -0.366. The summed E-state index contributed by atoms with van der Waals surface area (Å²) in [6.07, 6.45) is -5.43. The minimum absolute atomic E-state index is 0.245. The van der Waals surface area contributed by atoms with E-state index in [1.807, 2.05) is 0 Å². The van der Waals surface area contributed by atoms with Gasteiger partial charge in [-0.25, -0.2) is 0 Å². The highest BCUT2D eigenvalue weighted by Crippen LogP contribution is 2.53. The van der Waals surface area contributed by atoms with Crippen LogP contribution in [0, 0.1) is 5.92 Å². The number of alkyl halides is 8. The summed E-state index contributed by atoms with van der Waals surface area (Å²) in [7, 11) is 0. The molecule has 0 spiro atoms. The van der Waals surface area contributed by atoms with Gasteiger partial charge in [-0.3, -0.25) is 0 Å². The maximum absolute atomic E-state index is 13.4. The Bertz CT molecular complexity index is 273. The molecular weight excluding hydrogens is 368 g/mol. The van der Waals surface area contributed by atoms with Gasteiger partial charge in [-0.2, -0.15) is 30.7 Å². The van der Waals surface area contributed by atoms with Gasteiger partial charge >= 0.3 is 18.0 Å². The van der Waals surface area contributed by atoms with Gasteiger partial charge in [0.1, 0.15) is 0 Å². The van der Waals surface area contributed by atoms with Gasteiger partial charge < -0.3 is 0 Å². The van der Waals surface area contributed by atoms with Crippen LogP contribution in [-0.4, -0.2) is 21.9 Å². The smallest absolute Gasteiger partial charge is 0.199 e. The zero-order valence-corrected chi connectivity index (χ0v) is 10.7. The largest absolute Gasteiger partial charge is 0.459 e. The molecule has 0 unspecified atom stereocenters. The molecule has 0 nitrogen and oxygen atoms in total. The number of hydrogen-bond donors (Lipinski definition) is 0. The Balaban J connectivity index is 3.00. The molecule has 0 aliphatic heterocycles. The molecule has 8 heteroatoms. The third-order valence-electron chi connectivity index (χ3n) is 2.92. The average Bonchev–Trinajstić information content (AvgIpc) is 2.16. The zero-order valence-electron chi connectivity index (χ0n) is 8.51. The van der Waals surface area contributed by atoms with E-state index in [4.69, 9.17) is 0 Å². The Morgan fingerprint density at radius 3 is 1.71 bits per heavy atom. The summed E-state index contributed by atoms with van der Waals surface area (Å²) >= 11 is 1.53. The van der Waals surface area contributed by atoms with Crippen LogP contribution in [-0.2, 0) is 0 Å². The predicted octanol–water partition coefficient (Wildman–Crippen LogP) is 4.81. The van der Waals surface area contributed by atoms with E-state index >= 15 is 0 Å². The lowest BCUT2D eigenvalue weighted by atomic mass is 9.82. The Hall–Kier alpha value is 0.240. The van der Waals surface area contributed by atoms with Crippen molar-refractivity contribution >= 4 is 22.6 Å².